The number of fused-ring (bicyclic) bond motifs is 1. The minimum atomic E-state index is -4.79. The smallest absolute Gasteiger partial charge is 0.416 e. The maximum atomic E-state index is 15.7. The Labute approximate surface area is 267 Å². The number of halogens is 5. The molecule has 46 heavy (non-hydrogen) atoms. The van der Waals surface area contributed by atoms with E-state index in [1.807, 2.05) is 0 Å². The summed E-state index contributed by atoms with van der Waals surface area (Å²) in [5, 5.41) is 3.47. The SMILES string of the molecule is COc1cccc(-c2c(C)c(Cc3c(F)cccc3C(F)(F)F)c3n(c2=O)C(CN2CCN(CC(=O)NC4CC4)CC2)CS3)c1F. The van der Waals surface area contributed by atoms with Crippen LogP contribution < -0.4 is 15.6 Å². The van der Waals surface area contributed by atoms with Gasteiger partial charge in [0, 0.05) is 62.1 Å². The number of carbonyl (C=O) groups excluding carboxylic acids is 1. The van der Waals surface area contributed by atoms with Crippen LogP contribution in [0.4, 0.5) is 22.0 Å². The van der Waals surface area contributed by atoms with Crippen LogP contribution in [0.25, 0.3) is 11.1 Å². The van der Waals surface area contributed by atoms with E-state index < -0.39 is 40.9 Å². The summed E-state index contributed by atoms with van der Waals surface area (Å²) in [6.45, 7) is 5.08. The first-order valence-corrected chi connectivity index (χ1v) is 16.3. The monoisotopic (exact) mass is 662 g/mol. The summed E-state index contributed by atoms with van der Waals surface area (Å²) in [5.74, 6) is -1.35. The van der Waals surface area contributed by atoms with E-state index in [1.54, 1.807) is 17.6 Å². The van der Waals surface area contributed by atoms with Gasteiger partial charge in [0.15, 0.2) is 11.6 Å². The molecule has 0 bridgehead atoms. The van der Waals surface area contributed by atoms with E-state index in [2.05, 4.69) is 15.1 Å². The number of benzene rings is 2. The third-order valence-corrected chi connectivity index (χ3v) is 10.3. The Bertz CT molecular complexity index is 1700. The first kappa shape index (κ1) is 32.5. The number of thioether (sulfide) groups is 1. The minimum Gasteiger partial charge on any atom is -0.494 e. The van der Waals surface area contributed by atoms with Gasteiger partial charge in [0.05, 0.1) is 35.8 Å². The molecule has 1 unspecified atom stereocenters. The van der Waals surface area contributed by atoms with Crippen molar-refractivity contribution in [1.82, 2.24) is 19.7 Å². The second-order valence-electron chi connectivity index (χ2n) is 12.1. The summed E-state index contributed by atoms with van der Waals surface area (Å²) in [6, 6.07) is 7.21. The number of aromatic nitrogens is 1. The van der Waals surface area contributed by atoms with Crippen LogP contribution in [0, 0.1) is 18.6 Å². The van der Waals surface area contributed by atoms with Crippen LogP contribution in [0.1, 0.15) is 41.1 Å². The van der Waals surface area contributed by atoms with E-state index in [-0.39, 0.29) is 28.8 Å². The highest BCUT2D eigenvalue weighted by atomic mass is 32.2. The molecule has 2 aliphatic heterocycles. The number of methoxy groups -OCH3 is 1. The van der Waals surface area contributed by atoms with Crippen molar-refractivity contribution in [3.05, 3.63) is 80.6 Å². The van der Waals surface area contributed by atoms with Gasteiger partial charge < -0.3 is 10.1 Å². The molecule has 1 aliphatic carbocycles. The van der Waals surface area contributed by atoms with Crippen LogP contribution in [0.15, 0.2) is 46.2 Å². The molecule has 0 spiro atoms. The van der Waals surface area contributed by atoms with Gasteiger partial charge in [-0.3, -0.25) is 24.0 Å². The molecule has 3 aromatic rings. The Morgan fingerprint density at radius 1 is 1.02 bits per heavy atom. The highest BCUT2D eigenvalue weighted by molar-refractivity contribution is 7.99. The summed E-state index contributed by atoms with van der Waals surface area (Å²) in [6.07, 6.45) is -3.17. The van der Waals surface area contributed by atoms with Crippen molar-refractivity contribution in [2.45, 2.75) is 49.5 Å². The zero-order valence-electron chi connectivity index (χ0n) is 25.6. The molecule has 1 amide bonds. The van der Waals surface area contributed by atoms with Gasteiger partial charge in [-0.05, 0) is 49.1 Å². The zero-order valence-corrected chi connectivity index (χ0v) is 26.4. The molecule has 6 rings (SSSR count). The number of alkyl halides is 3. The van der Waals surface area contributed by atoms with Crippen LogP contribution >= 0.6 is 11.8 Å². The second kappa shape index (κ2) is 13.0. The average molecular weight is 663 g/mol. The van der Waals surface area contributed by atoms with Crippen molar-refractivity contribution >= 4 is 17.7 Å². The summed E-state index contributed by atoms with van der Waals surface area (Å²) in [7, 11) is 1.30. The molecule has 3 heterocycles. The second-order valence-corrected chi connectivity index (χ2v) is 13.1. The van der Waals surface area contributed by atoms with Gasteiger partial charge in [0.25, 0.3) is 5.56 Å². The van der Waals surface area contributed by atoms with Crippen LogP contribution in [-0.4, -0.2) is 78.4 Å². The topological polar surface area (TPSA) is 66.8 Å². The molecule has 1 saturated carbocycles. The van der Waals surface area contributed by atoms with E-state index in [4.69, 9.17) is 4.74 Å². The van der Waals surface area contributed by atoms with Gasteiger partial charge >= 0.3 is 6.18 Å². The first-order chi connectivity index (χ1) is 22.0. The van der Waals surface area contributed by atoms with Crippen molar-refractivity contribution in [2.24, 2.45) is 0 Å². The first-order valence-electron chi connectivity index (χ1n) is 15.3. The summed E-state index contributed by atoms with van der Waals surface area (Å²) < 4.78 is 79.5. The molecule has 2 aromatic carbocycles. The lowest BCUT2D eigenvalue weighted by atomic mass is 9.92. The molecule has 1 atom stereocenters. The van der Waals surface area contributed by atoms with Gasteiger partial charge in [-0.1, -0.05) is 18.2 Å². The van der Waals surface area contributed by atoms with E-state index in [1.165, 1.54) is 31.0 Å². The summed E-state index contributed by atoms with van der Waals surface area (Å²) >= 11 is 1.35. The predicted molar refractivity (Wildman–Crippen MR) is 165 cm³/mol. The van der Waals surface area contributed by atoms with E-state index in [9.17, 15) is 22.8 Å². The maximum Gasteiger partial charge on any atom is 0.416 e. The average Bonchev–Trinajstić information content (AvgIpc) is 3.73. The number of amides is 1. The van der Waals surface area contributed by atoms with E-state index >= 15 is 8.78 Å². The van der Waals surface area contributed by atoms with Crippen molar-refractivity contribution in [3.63, 3.8) is 0 Å². The predicted octanol–water partition coefficient (Wildman–Crippen LogP) is 5.26. The van der Waals surface area contributed by atoms with Crippen molar-refractivity contribution in [1.29, 1.82) is 0 Å². The minimum absolute atomic E-state index is 0.0130. The molecule has 1 aromatic heterocycles. The fourth-order valence-electron chi connectivity index (χ4n) is 6.40. The Balaban J connectivity index is 1.36. The van der Waals surface area contributed by atoms with Crippen molar-refractivity contribution < 1.29 is 31.5 Å². The van der Waals surface area contributed by atoms with E-state index in [0.717, 1.165) is 31.0 Å². The van der Waals surface area contributed by atoms with Crippen LogP contribution in [-0.2, 0) is 17.4 Å². The molecule has 1 saturated heterocycles. The molecular weight excluding hydrogens is 627 g/mol. The largest absolute Gasteiger partial charge is 0.494 e. The fraction of sp³-hybridized carbons (Fsp3) is 0.455. The number of piperazine rings is 1. The Morgan fingerprint density at radius 2 is 1.72 bits per heavy atom. The zero-order chi connectivity index (χ0) is 32.7. The van der Waals surface area contributed by atoms with Crippen LogP contribution in [0.5, 0.6) is 5.75 Å². The van der Waals surface area contributed by atoms with Gasteiger partial charge in [-0.25, -0.2) is 8.78 Å². The van der Waals surface area contributed by atoms with Crippen molar-refractivity contribution in [3.8, 4) is 16.9 Å². The summed E-state index contributed by atoms with van der Waals surface area (Å²) in [5.41, 5.74) is -1.44. The normalized spacial score (nSPS) is 18.9. The number of carbonyl (C=O) groups is 1. The molecule has 3 aliphatic rings. The number of nitrogens with zero attached hydrogens (tertiary/aromatic N) is 3. The Hall–Kier alpha value is -3.42. The third kappa shape index (κ3) is 6.54. The Kier molecular flexibility index (Phi) is 9.19. The molecule has 0 radical (unpaired) electrons. The van der Waals surface area contributed by atoms with Crippen LogP contribution in [0.3, 0.4) is 0 Å². The van der Waals surface area contributed by atoms with Gasteiger partial charge in [-0.2, -0.15) is 13.2 Å². The number of rotatable bonds is 9. The number of nitrogens with one attached hydrogen (secondary N) is 1. The fourth-order valence-corrected chi connectivity index (χ4v) is 7.78. The lowest BCUT2D eigenvalue weighted by molar-refractivity contribution is -0.138. The number of hydrogen-bond donors (Lipinski definition) is 1. The number of pyridine rings is 1. The maximum absolute atomic E-state index is 15.7. The highest BCUT2D eigenvalue weighted by Gasteiger charge is 2.37. The molecule has 7 nitrogen and oxygen atoms in total. The van der Waals surface area contributed by atoms with E-state index in [0.29, 0.717) is 67.2 Å². The lowest BCUT2D eigenvalue weighted by Gasteiger charge is -2.35. The third-order valence-electron chi connectivity index (χ3n) is 8.99. The van der Waals surface area contributed by atoms with Crippen molar-refractivity contribution in [2.75, 3.05) is 52.1 Å². The Morgan fingerprint density at radius 3 is 2.39 bits per heavy atom. The molecule has 13 heteroatoms. The van der Waals surface area contributed by atoms with Gasteiger partial charge in [-0.15, -0.1) is 11.8 Å². The highest BCUT2D eigenvalue weighted by Crippen LogP contribution is 2.42. The number of hydrogen-bond acceptors (Lipinski definition) is 6. The standard InChI is InChI=1S/C33H35F5N4O3S/c1-19-23(15-24-25(33(36,37)38)6-4-7-26(24)34)32-42(31(44)29(19)22-5-3-8-27(45-2)30(22)35)21(18-46-32)16-40-11-13-41(14-12-40)17-28(43)39-20-9-10-20/h3-8,20-21H,9-18H2,1-2H3,(H,39,43). The lowest BCUT2D eigenvalue weighted by Crippen LogP contribution is -2.51. The molecular formula is C33H35F5N4O3S. The quantitative estimate of drug-likeness (QED) is 0.316. The molecule has 1 N–H and O–H groups in total. The van der Waals surface area contributed by atoms with Crippen LogP contribution in [0.2, 0.25) is 0 Å². The molecule has 2 fully saturated rings. The van der Waals surface area contributed by atoms with Gasteiger partial charge in [0.1, 0.15) is 5.82 Å². The molecule has 246 valence electrons. The summed E-state index contributed by atoms with van der Waals surface area (Å²) in [4.78, 5) is 30.8. The van der Waals surface area contributed by atoms with Gasteiger partial charge in [0.2, 0.25) is 5.91 Å². The number of ether oxygens (including phenoxy) is 1.